The molecule has 0 aromatic heterocycles. The van der Waals surface area contributed by atoms with E-state index < -0.39 is 5.97 Å². The fraction of sp³-hybridized carbons (Fsp3) is 0.278. The van der Waals surface area contributed by atoms with Gasteiger partial charge in [-0.25, -0.2) is 0 Å². The summed E-state index contributed by atoms with van der Waals surface area (Å²) in [5, 5.41) is 12.9. The molecule has 0 aliphatic heterocycles. The summed E-state index contributed by atoms with van der Waals surface area (Å²) in [7, 11) is 0. The SMILES string of the molecule is O=C(O)CCCNC(Cc1ccccc1Cl)c1ccccc1. The summed E-state index contributed by atoms with van der Waals surface area (Å²) in [6, 6.07) is 18.1. The van der Waals surface area contributed by atoms with Crippen LogP contribution in [-0.2, 0) is 11.2 Å². The Bertz CT molecular complexity index is 601. The molecule has 0 bridgehead atoms. The Hall–Kier alpha value is -1.84. The second kappa shape index (κ2) is 8.57. The van der Waals surface area contributed by atoms with Crippen molar-refractivity contribution in [2.45, 2.75) is 25.3 Å². The third-order valence-electron chi connectivity index (χ3n) is 3.54. The number of halogens is 1. The lowest BCUT2D eigenvalue weighted by molar-refractivity contribution is -0.137. The molecule has 0 fully saturated rings. The molecule has 0 spiro atoms. The summed E-state index contributed by atoms with van der Waals surface area (Å²) < 4.78 is 0. The van der Waals surface area contributed by atoms with Gasteiger partial charge in [-0.05, 0) is 36.6 Å². The molecule has 0 saturated heterocycles. The summed E-state index contributed by atoms with van der Waals surface area (Å²) in [5.41, 5.74) is 2.27. The van der Waals surface area contributed by atoms with Crippen molar-refractivity contribution in [1.82, 2.24) is 5.32 Å². The molecule has 2 aromatic rings. The zero-order chi connectivity index (χ0) is 15.8. The average molecular weight is 318 g/mol. The number of carboxylic acids is 1. The fourth-order valence-electron chi connectivity index (χ4n) is 2.39. The van der Waals surface area contributed by atoms with Crippen molar-refractivity contribution in [3.8, 4) is 0 Å². The first-order chi connectivity index (χ1) is 10.7. The Kier molecular flexibility index (Phi) is 6.44. The van der Waals surface area contributed by atoms with E-state index in [-0.39, 0.29) is 12.5 Å². The van der Waals surface area contributed by atoms with E-state index in [1.54, 1.807) is 0 Å². The highest BCUT2D eigenvalue weighted by Gasteiger charge is 2.13. The van der Waals surface area contributed by atoms with Crippen molar-refractivity contribution < 1.29 is 9.90 Å². The Morgan fingerprint density at radius 3 is 2.45 bits per heavy atom. The first-order valence-electron chi connectivity index (χ1n) is 7.40. The lowest BCUT2D eigenvalue weighted by Gasteiger charge is -2.20. The first kappa shape index (κ1) is 16.5. The van der Waals surface area contributed by atoms with E-state index in [0.29, 0.717) is 13.0 Å². The van der Waals surface area contributed by atoms with Crippen LogP contribution in [0.15, 0.2) is 54.6 Å². The van der Waals surface area contributed by atoms with Gasteiger partial charge in [-0.3, -0.25) is 4.79 Å². The number of hydrogen-bond acceptors (Lipinski definition) is 2. The summed E-state index contributed by atoms with van der Waals surface area (Å²) in [5.74, 6) is -0.760. The van der Waals surface area contributed by atoms with Gasteiger partial charge in [-0.1, -0.05) is 60.1 Å². The molecule has 116 valence electrons. The second-order valence-corrected chi connectivity index (χ2v) is 5.62. The minimum absolute atomic E-state index is 0.120. The third kappa shape index (κ3) is 5.17. The summed E-state index contributed by atoms with van der Waals surface area (Å²) in [4.78, 5) is 10.6. The number of aliphatic carboxylic acids is 1. The van der Waals surface area contributed by atoms with Gasteiger partial charge in [0, 0.05) is 17.5 Å². The van der Waals surface area contributed by atoms with Crippen LogP contribution in [0.3, 0.4) is 0 Å². The Morgan fingerprint density at radius 1 is 1.09 bits per heavy atom. The molecule has 4 heteroatoms. The quantitative estimate of drug-likeness (QED) is 0.721. The Morgan fingerprint density at radius 2 is 1.77 bits per heavy atom. The number of hydrogen-bond donors (Lipinski definition) is 2. The van der Waals surface area contributed by atoms with Gasteiger partial charge >= 0.3 is 5.97 Å². The average Bonchev–Trinajstić information content (AvgIpc) is 2.53. The van der Waals surface area contributed by atoms with Crippen molar-refractivity contribution in [2.75, 3.05) is 6.54 Å². The number of benzene rings is 2. The second-order valence-electron chi connectivity index (χ2n) is 5.21. The Balaban J connectivity index is 2.05. The summed E-state index contributed by atoms with van der Waals surface area (Å²) in [6.07, 6.45) is 1.57. The van der Waals surface area contributed by atoms with Crippen LogP contribution in [0.2, 0.25) is 5.02 Å². The molecule has 2 rings (SSSR count). The molecule has 1 unspecified atom stereocenters. The van der Waals surface area contributed by atoms with E-state index in [4.69, 9.17) is 16.7 Å². The van der Waals surface area contributed by atoms with E-state index in [1.807, 2.05) is 42.5 Å². The zero-order valence-electron chi connectivity index (χ0n) is 12.3. The predicted octanol–water partition coefficient (Wildman–Crippen LogP) is 4.08. The molecule has 3 nitrogen and oxygen atoms in total. The molecule has 2 N–H and O–H groups in total. The van der Waals surface area contributed by atoms with E-state index >= 15 is 0 Å². The lowest BCUT2D eigenvalue weighted by Crippen LogP contribution is -2.25. The standard InChI is InChI=1S/C18H20ClNO2/c19-16-10-5-4-9-15(16)13-17(14-7-2-1-3-8-14)20-12-6-11-18(21)22/h1-5,7-10,17,20H,6,11-13H2,(H,21,22). The van der Waals surface area contributed by atoms with Crippen LogP contribution >= 0.6 is 11.6 Å². The van der Waals surface area contributed by atoms with Gasteiger partial charge in [0.2, 0.25) is 0 Å². The minimum atomic E-state index is -0.760. The van der Waals surface area contributed by atoms with Crippen molar-refractivity contribution in [2.24, 2.45) is 0 Å². The smallest absolute Gasteiger partial charge is 0.303 e. The number of rotatable bonds is 8. The molecular weight excluding hydrogens is 298 g/mol. The van der Waals surface area contributed by atoms with Gasteiger partial charge in [0.15, 0.2) is 0 Å². The maximum atomic E-state index is 10.6. The summed E-state index contributed by atoms with van der Waals surface area (Å²) in [6.45, 7) is 0.663. The normalized spacial score (nSPS) is 12.0. The van der Waals surface area contributed by atoms with Crippen LogP contribution < -0.4 is 5.32 Å². The van der Waals surface area contributed by atoms with Crippen LogP contribution in [0, 0.1) is 0 Å². The molecular formula is C18H20ClNO2. The lowest BCUT2D eigenvalue weighted by atomic mass is 9.98. The Labute approximate surface area is 135 Å². The molecule has 0 aliphatic carbocycles. The molecule has 22 heavy (non-hydrogen) atoms. The highest BCUT2D eigenvalue weighted by atomic mass is 35.5. The van der Waals surface area contributed by atoms with Gasteiger partial charge in [0.05, 0.1) is 0 Å². The van der Waals surface area contributed by atoms with Gasteiger partial charge in [-0.15, -0.1) is 0 Å². The van der Waals surface area contributed by atoms with Gasteiger partial charge < -0.3 is 10.4 Å². The van der Waals surface area contributed by atoms with Crippen molar-refractivity contribution in [3.63, 3.8) is 0 Å². The molecule has 0 aliphatic rings. The molecule has 1 atom stereocenters. The molecule has 0 heterocycles. The number of nitrogens with one attached hydrogen (secondary N) is 1. The zero-order valence-corrected chi connectivity index (χ0v) is 13.1. The van der Waals surface area contributed by atoms with Crippen LogP contribution in [0.4, 0.5) is 0 Å². The predicted molar refractivity (Wildman–Crippen MR) is 89.2 cm³/mol. The van der Waals surface area contributed by atoms with E-state index in [1.165, 1.54) is 5.56 Å². The third-order valence-corrected chi connectivity index (χ3v) is 3.91. The molecule has 0 saturated carbocycles. The largest absolute Gasteiger partial charge is 0.481 e. The maximum Gasteiger partial charge on any atom is 0.303 e. The van der Waals surface area contributed by atoms with E-state index in [0.717, 1.165) is 17.0 Å². The van der Waals surface area contributed by atoms with Gasteiger partial charge in [-0.2, -0.15) is 0 Å². The highest BCUT2D eigenvalue weighted by molar-refractivity contribution is 6.31. The van der Waals surface area contributed by atoms with E-state index in [2.05, 4.69) is 17.4 Å². The molecule has 0 radical (unpaired) electrons. The fourth-order valence-corrected chi connectivity index (χ4v) is 2.61. The molecule has 2 aromatic carbocycles. The topological polar surface area (TPSA) is 49.3 Å². The van der Waals surface area contributed by atoms with Crippen molar-refractivity contribution >= 4 is 17.6 Å². The van der Waals surface area contributed by atoms with Crippen LogP contribution in [0.5, 0.6) is 0 Å². The minimum Gasteiger partial charge on any atom is -0.481 e. The highest BCUT2D eigenvalue weighted by Crippen LogP contribution is 2.23. The van der Waals surface area contributed by atoms with Crippen LogP contribution in [0.25, 0.3) is 0 Å². The van der Waals surface area contributed by atoms with Crippen LogP contribution in [-0.4, -0.2) is 17.6 Å². The number of carboxylic acid groups (broad SMARTS) is 1. The maximum absolute atomic E-state index is 10.6. The van der Waals surface area contributed by atoms with Gasteiger partial charge in [0.1, 0.15) is 0 Å². The van der Waals surface area contributed by atoms with Crippen LogP contribution in [0.1, 0.15) is 30.0 Å². The summed E-state index contributed by atoms with van der Waals surface area (Å²) >= 11 is 6.25. The van der Waals surface area contributed by atoms with Crippen molar-refractivity contribution in [3.05, 3.63) is 70.7 Å². The first-order valence-corrected chi connectivity index (χ1v) is 7.78. The number of carbonyl (C=O) groups is 1. The van der Waals surface area contributed by atoms with Crippen molar-refractivity contribution in [1.29, 1.82) is 0 Å². The monoisotopic (exact) mass is 317 g/mol. The van der Waals surface area contributed by atoms with Gasteiger partial charge in [0.25, 0.3) is 0 Å². The molecule has 0 amide bonds. The van der Waals surface area contributed by atoms with E-state index in [9.17, 15) is 4.79 Å².